The highest BCUT2D eigenvalue weighted by atomic mass is 32.1. The van der Waals surface area contributed by atoms with E-state index in [-0.39, 0.29) is 0 Å². The van der Waals surface area contributed by atoms with E-state index in [2.05, 4.69) is 20.4 Å². The topological polar surface area (TPSA) is 59.0 Å². The van der Waals surface area contributed by atoms with Crippen LogP contribution in [-0.4, -0.2) is 54.1 Å². The number of hydrazone groups is 1. The minimum Gasteiger partial charge on any atom is -0.491 e. The lowest BCUT2D eigenvalue weighted by atomic mass is 10.2. The Kier molecular flexibility index (Phi) is 5.89. The second-order valence-corrected chi connectivity index (χ2v) is 5.06. The number of nitrogens with one attached hydrogen (secondary N) is 1. The summed E-state index contributed by atoms with van der Waals surface area (Å²) in [5.41, 5.74) is 4.41. The van der Waals surface area contributed by atoms with Crippen molar-refractivity contribution in [3.8, 4) is 5.75 Å². The van der Waals surface area contributed by atoms with Crippen LogP contribution < -0.4 is 10.2 Å². The maximum Gasteiger partial charge on any atom is 0.189 e. The first-order chi connectivity index (χ1) is 10.2. The smallest absolute Gasteiger partial charge is 0.189 e. The molecule has 2 rings (SSSR count). The molecule has 1 N–H and O–H groups in total. The number of rotatable bonds is 6. The molecule has 0 aliphatic carbocycles. The number of thiocarbonyl (C=S) groups is 1. The second-order valence-electron chi connectivity index (χ2n) is 4.67. The van der Waals surface area contributed by atoms with Crippen molar-refractivity contribution in [2.45, 2.75) is 13.3 Å². The monoisotopic (exact) mass is 308 g/mol. The van der Waals surface area contributed by atoms with Crippen LogP contribution in [-0.2, 0) is 4.74 Å². The Bertz CT molecular complexity index is 517. The molecule has 6 nitrogen and oxygen atoms in total. The van der Waals surface area contributed by atoms with Gasteiger partial charge in [0.15, 0.2) is 5.11 Å². The molecule has 1 fully saturated rings. The van der Waals surface area contributed by atoms with Gasteiger partial charge in [-0.1, -0.05) is 0 Å². The number of nitrogens with zero attached hydrogens (tertiary/aromatic N) is 3. The molecule has 0 unspecified atom stereocenters. The minimum absolute atomic E-state index is 0.507. The zero-order valence-corrected chi connectivity index (χ0v) is 13.2. The van der Waals surface area contributed by atoms with Crippen molar-refractivity contribution in [2.75, 3.05) is 33.4 Å². The summed E-state index contributed by atoms with van der Waals surface area (Å²) < 4.78 is 10.5. The molecular formula is C14H20N4O2S. The molecule has 1 aromatic heterocycles. The molecule has 0 bridgehead atoms. The van der Waals surface area contributed by atoms with Gasteiger partial charge in [0.25, 0.3) is 0 Å². The van der Waals surface area contributed by atoms with Crippen molar-refractivity contribution in [3.05, 3.63) is 24.0 Å². The molecule has 7 heteroatoms. The summed E-state index contributed by atoms with van der Waals surface area (Å²) in [5, 5.41) is 4.94. The molecule has 1 aliphatic rings. The lowest BCUT2D eigenvalue weighted by Crippen LogP contribution is -2.46. The fourth-order valence-electron chi connectivity index (χ4n) is 1.72. The van der Waals surface area contributed by atoms with Crippen LogP contribution >= 0.6 is 12.2 Å². The number of pyridine rings is 1. The van der Waals surface area contributed by atoms with Crippen molar-refractivity contribution in [1.82, 2.24) is 15.3 Å². The fraction of sp³-hybridized carbons (Fsp3) is 0.500. The van der Waals surface area contributed by atoms with Crippen LogP contribution in [0.2, 0.25) is 0 Å². The van der Waals surface area contributed by atoms with Crippen LogP contribution in [0.1, 0.15) is 19.0 Å². The molecular weight excluding hydrogens is 288 g/mol. The number of hydrogen-bond donors (Lipinski definition) is 1. The van der Waals surface area contributed by atoms with E-state index in [4.69, 9.17) is 21.7 Å². The molecule has 0 amide bonds. The highest BCUT2D eigenvalue weighted by molar-refractivity contribution is 7.80. The maximum atomic E-state index is 5.55. The van der Waals surface area contributed by atoms with E-state index >= 15 is 0 Å². The van der Waals surface area contributed by atoms with Gasteiger partial charge in [0.05, 0.1) is 18.0 Å². The zero-order chi connectivity index (χ0) is 15.1. The van der Waals surface area contributed by atoms with Gasteiger partial charge < -0.3 is 14.4 Å². The van der Waals surface area contributed by atoms with Crippen molar-refractivity contribution in [2.24, 2.45) is 5.10 Å². The third-order valence-electron chi connectivity index (χ3n) is 3.12. The number of hydrogen-bond acceptors (Lipinski definition) is 5. The minimum atomic E-state index is 0.507. The van der Waals surface area contributed by atoms with Crippen LogP contribution in [0.4, 0.5) is 0 Å². The van der Waals surface area contributed by atoms with Crippen LogP contribution in [0, 0.1) is 0 Å². The first-order valence-electron chi connectivity index (χ1n) is 6.88. The number of ether oxygens (including phenoxy) is 2. The van der Waals surface area contributed by atoms with E-state index in [0.717, 1.165) is 30.2 Å². The molecule has 21 heavy (non-hydrogen) atoms. The summed E-state index contributed by atoms with van der Waals surface area (Å²) in [6.45, 7) is 4.94. The van der Waals surface area contributed by atoms with Gasteiger partial charge in [-0.15, -0.1) is 0 Å². The predicted molar refractivity (Wildman–Crippen MR) is 85.7 cm³/mol. The molecule has 0 saturated carbocycles. The second kappa shape index (κ2) is 7.90. The third kappa shape index (κ3) is 4.64. The van der Waals surface area contributed by atoms with Gasteiger partial charge in [0.2, 0.25) is 0 Å². The summed E-state index contributed by atoms with van der Waals surface area (Å²) in [6.07, 6.45) is 2.89. The predicted octanol–water partition coefficient (Wildman–Crippen LogP) is 1.41. The normalized spacial score (nSPS) is 14.6. The quantitative estimate of drug-likeness (QED) is 0.371. The average Bonchev–Trinajstić information content (AvgIpc) is 2.43. The summed E-state index contributed by atoms with van der Waals surface area (Å²) >= 11 is 5.24. The average molecular weight is 308 g/mol. The molecule has 1 saturated heterocycles. The van der Waals surface area contributed by atoms with Crippen LogP contribution in [0.5, 0.6) is 5.75 Å². The fourth-order valence-corrected chi connectivity index (χ4v) is 1.95. The first kappa shape index (κ1) is 15.7. The maximum absolute atomic E-state index is 5.55. The SMILES string of the molecule is COCCOc1ccnc(C(C)=NNC(=S)N2CCC2)c1. The highest BCUT2D eigenvalue weighted by Crippen LogP contribution is 2.11. The highest BCUT2D eigenvalue weighted by Gasteiger charge is 2.16. The van der Waals surface area contributed by atoms with Gasteiger partial charge in [0.1, 0.15) is 12.4 Å². The standard InChI is InChI=1S/C14H20N4O2S/c1-11(16-17-14(21)18-6-3-7-18)13-10-12(4-5-15-13)20-9-8-19-2/h4-5,10H,3,6-9H2,1-2H3,(H,17,21). The lowest BCUT2D eigenvalue weighted by molar-refractivity contribution is 0.146. The Hall–Kier alpha value is -1.73. The van der Waals surface area contributed by atoms with Crippen molar-refractivity contribution in [3.63, 3.8) is 0 Å². The van der Waals surface area contributed by atoms with Gasteiger partial charge in [-0.25, -0.2) is 0 Å². The molecule has 0 aromatic carbocycles. The summed E-state index contributed by atoms with van der Waals surface area (Å²) in [5.74, 6) is 0.747. The van der Waals surface area contributed by atoms with Crippen LogP contribution in [0.3, 0.4) is 0 Å². The van der Waals surface area contributed by atoms with Gasteiger partial charge in [0, 0.05) is 32.5 Å². The lowest BCUT2D eigenvalue weighted by Gasteiger charge is -2.32. The number of aromatic nitrogens is 1. The van der Waals surface area contributed by atoms with E-state index in [1.165, 1.54) is 6.42 Å². The van der Waals surface area contributed by atoms with E-state index in [1.807, 2.05) is 19.1 Å². The van der Waals surface area contributed by atoms with Gasteiger partial charge in [-0.2, -0.15) is 5.10 Å². The van der Waals surface area contributed by atoms with E-state index in [0.29, 0.717) is 18.3 Å². The molecule has 114 valence electrons. The Morgan fingerprint density at radius 3 is 2.95 bits per heavy atom. The van der Waals surface area contributed by atoms with Gasteiger partial charge in [-0.05, 0) is 31.6 Å². The van der Waals surface area contributed by atoms with Crippen molar-refractivity contribution < 1.29 is 9.47 Å². The van der Waals surface area contributed by atoms with Crippen molar-refractivity contribution >= 4 is 23.0 Å². The summed E-state index contributed by atoms with van der Waals surface area (Å²) in [7, 11) is 1.64. The van der Waals surface area contributed by atoms with Gasteiger partial charge >= 0.3 is 0 Å². The zero-order valence-electron chi connectivity index (χ0n) is 12.3. The van der Waals surface area contributed by atoms with E-state index < -0.39 is 0 Å². The summed E-state index contributed by atoms with van der Waals surface area (Å²) in [6, 6.07) is 3.66. The molecule has 0 spiro atoms. The molecule has 1 aromatic rings. The molecule has 0 radical (unpaired) electrons. The van der Waals surface area contributed by atoms with Crippen LogP contribution in [0.15, 0.2) is 23.4 Å². The Morgan fingerprint density at radius 1 is 1.48 bits per heavy atom. The molecule has 2 heterocycles. The number of likely N-dealkylation sites (tertiary alicyclic amines) is 1. The Morgan fingerprint density at radius 2 is 2.29 bits per heavy atom. The van der Waals surface area contributed by atoms with E-state index in [1.54, 1.807) is 13.3 Å². The molecule has 1 aliphatic heterocycles. The van der Waals surface area contributed by atoms with Gasteiger partial charge in [-0.3, -0.25) is 10.4 Å². The Balaban J connectivity index is 1.92. The first-order valence-corrected chi connectivity index (χ1v) is 7.29. The molecule has 0 atom stereocenters. The largest absolute Gasteiger partial charge is 0.491 e. The van der Waals surface area contributed by atoms with Crippen LogP contribution in [0.25, 0.3) is 0 Å². The van der Waals surface area contributed by atoms with Crippen molar-refractivity contribution in [1.29, 1.82) is 0 Å². The Labute approximate surface area is 130 Å². The third-order valence-corrected chi connectivity index (χ3v) is 3.47. The number of methoxy groups -OCH3 is 1. The summed E-state index contributed by atoms with van der Waals surface area (Å²) in [4.78, 5) is 6.36. The van der Waals surface area contributed by atoms with E-state index in [9.17, 15) is 0 Å².